The van der Waals surface area contributed by atoms with Crippen LogP contribution in [-0.2, 0) is 5.54 Å². The Balaban J connectivity index is 1.38. The maximum absolute atomic E-state index is 9.32. The van der Waals surface area contributed by atoms with Gasteiger partial charge in [-0.25, -0.2) is 19.6 Å². The predicted molar refractivity (Wildman–Crippen MR) is 101 cm³/mol. The molecule has 4 heterocycles. The molecule has 5 rings (SSSR count). The summed E-state index contributed by atoms with van der Waals surface area (Å²) in [6, 6.07) is 4.61. The summed E-state index contributed by atoms with van der Waals surface area (Å²) in [4.78, 5) is 15.9. The zero-order chi connectivity index (χ0) is 19.0. The standard InChI is InChI=1S/C19H19N9/c20-7-6-19(28-13-21-11-26-28)4-1-15(2-5-19)27-10-14(9-25-27)17-16-3-8-22-18(16)24-12-23-17/h3,8-13,15H,1-2,4-6H2,(H,22,23,24)/t15-,19-. The molecule has 28 heavy (non-hydrogen) atoms. The largest absolute Gasteiger partial charge is 0.346 e. The van der Waals surface area contributed by atoms with Crippen molar-refractivity contribution < 1.29 is 0 Å². The van der Waals surface area contributed by atoms with Gasteiger partial charge in [0, 0.05) is 23.3 Å². The van der Waals surface area contributed by atoms with Crippen LogP contribution in [-0.4, -0.2) is 39.5 Å². The summed E-state index contributed by atoms with van der Waals surface area (Å²) in [6.07, 6.45) is 14.7. The molecule has 1 aliphatic carbocycles. The number of fused-ring (bicyclic) bond motifs is 1. The first kappa shape index (κ1) is 16.6. The molecule has 0 aromatic carbocycles. The summed E-state index contributed by atoms with van der Waals surface area (Å²) < 4.78 is 3.90. The van der Waals surface area contributed by atoms with Crippen molar-refractivity contribution in [1.29, 1.82) is 5.26 Å². The predicted octanol–water partition coefficient (Wildman–Crippen LogP) is 2.84. The number of nitrogens with zero attached hydrogens (tertiary/aromatic N) is 8. The maximum atomic E-state index is 9.32. The smallest absolute Gasteiger partial charge is 0.141 e. The number of rotatable bonds is 4. The highest BCUT2D eigenvalue weighted by atomic mass is 15.4. The van der Waals surface area contributed by atoms with Crippen LogP contribution in [0, 0.1) is 11.3 Å². The molecule has 1 saturated carbocycles. The van der Waals surface area contributed by atoms with Crippen molar-refractivity contribution >= 4 is 11.0 Å². The van der Waals surface area contributed by atoms with Crippen LogP contribution in [0.1, 0.15) is 38.1 Å². The van der Waals surface area contributed by atoms with Gasteiger partial charge >= 0.3 is 0 Å². The first-order valence-electron chi connectivity index (χ1n) is 9.34. The van der Waals surface area contributed by atoms with Crippen molar-refractivity contribution in [2.75, 3.05) is 0 Å². The number of nitrogens with one attached hydrogen (secondary N) is 1. The lowest BCUT2D eigenvalue weighted by Crippen LogP contribution is -2.38. The van der Waals surface area contributed by atoms with Crippen molar-refractivity contribution in [1.82, 2.24) is 39.5 Å². The summed E-state index contributed by atoms with van der Waals surface area (Å²) in [5, 5.41) is 19.2. The SMILES string of the molecule is N#CC[C@]1(n2cncn2)CC[C@H](n2cc(-c3ncnc4[nH]ccc34)cn2)CC1. The molecule has 0 saturated heterocycles. The van der Waals surface area contributed by atoms with Crippen molar-refractivity contribution in [3.05, 3.63) is 43.6 Å². The van der Waals surface area contributed by atoms with E-state index in [1.54, 1.807) is 12.7 Å². The summed E-state index contributed by atoms with van der Waals surface area (Å²) >= 11 is 0. The molecule has 0 amide bonds. The van der Waals surface area contributed by atoms with E-state index in [2.05, 4.69) is 42.4 Å². The highest BCUT2D eigenvalue weighted by molar-refractivity contribution is 5.89. The van der Waals surface area contributed by atoms with Gasteiger partial charge in [-0.2, -0.15) is 15.5 Å². The molecule has 140 valence electrons. The third-order valence-corrected chi connectivity index (χ3v) is 5.80. The lowest BCUT2D eigenvalue weighted by atomic mass is 9.77. The number of hydrogen-bond acceptors (Lipinski definition) is 6. The van der Waals surface area contributed by atoms with E-state index >= 15 is 0 Å². The second-order valence-electron chi connectivity index (χ2n) is 7.30. The molecule has 0 unspecified atom stereocenters. The summed E-state index contributed by atoms with van der Waals surface area (Å²) in [6.45, 7) is 0. The maximum Gasteiger partial charge on any atom is 0.141 e. The minimum atomic E-state index is -0.262. The zero-order valence-electron chi connectivity index (χ0n) is 15.2. The van der Waals surface area contributed by atoms with Gasteiger partial charge in [0.2, 0.25) is 0 Å². The lowest BCUT2D eigenvalue weighted by Gasteiger charge is -2.38. The highest BCUT2D eigenvalue weighted by Crippen LogP contribution is 2.41. The first-order chi connectivity index (χ1) is 13.8. The molecule has 0 spiro atoms. The fraction of sp³-hybridized carbons (Fsp3) is 0.368. The van der Waals surface area contributed by atoms with Crippen molar-refractivity contribution in [3.8, 4) is 17.3 Å². The van der Waals surface area contributed by atoms with Crippen LogP contribution >= 0.6 is 0 Å². The molecule has 0 atom stereocenters. The molecule has 1 aliphatic rings. The van der Waals surface area contributed by atoms with E-state index in [1.807, 2.05) is 27.8 Å². The Morgan fingerprint density at radius 3 is 2.89 bits per heavy atom. The van der Waals surface area contributed by atoms with Gasteiger partial charge in [0.1, 0.15) is 24.6 Å². The van der Waals surface area contributed by atoms with Crippen molar-refractivity contribution in [2.45, 2.75) is 43.7 Å². The Kier molecular flexibility index (Phi) is 3.90. The average Bonchev–Trinajstić information content (AvgIpc) is 3.49. The number of nitriles is 1. The zero-order valence-corrected chi connectivity index (χ0v) is 15.2. The monoisotopic (exact) mass is 373 g/mol. The van der Waals surface area contributed by atoms with Crippen LogP contribution in [0.3, 0.4) is 0 Å². The summed E-state index contributed by atoms with van der Waals surface area (Å²) in [5.74, 6) is 0. The van der Waals surface area contributed by atoms with Gasteiger partial charge < -0.3 is 4.98 Å². The molecule has 4 aromatic heterocycles. The Labute approximate surface area is 161 Å². The fourth-order valence-corrected chi connectivity index (χ4v) is 4.25. The van der Waals surface area contributed by atoms with Crippen molar-refractivity contribution in [2.24, 2.45) is 0 Å². The van der Waals surface area contributed by atoms with Crippen LogP contribution in [0.15, 0.2) is 43.6 Å². The first-order valence-corrected chi connectivity index (χ1v) is 9.34. The third-order valence-electron chi connectivity index (χ3n) is 5.80. The third kappa shape index (κ3) is 2.65. The van der Waals surface area contributed by atoms with Gasteiger partial charge in [-0.15, -0.1) is 0 Å². The van der Waals surface area contributed by atoms with E-state index < -0.39 is 0 Å². The minimum Gasteiger partial charge on any atom is -0.346 e. The number of hydrogen-bond donors (Lipinski definition) is 1. The normalized spacial score (nSPS) is 22.3. The number of aromatic amines is 1. The fourth-order valence-electron chi connectivity index (χ4n) is 4.25. The molecule has 0 bridgehead atoms. The molecular formula is C19H19N9. The van der Waals surface area contributed by atoms with Gasteiger partial charge in [0.15, 0.2) is 0 Å². The van der Waals surface area contributed by atoms with E-state index in [0.29, 0.717) is 12.5 Å². The summed E-state index contributed by atoms with van der Waals surface area (Å²) in [7, 11) is 0. The Bertz CT molecular complexity index is 1120. The van der Waals surface area contributed by atoms with Gasteiger partial charge in [-0.1, -0.05) is 0 Å². The van der Waals surface area contributed by atoms with Gasteiger partial charge in [-0.05, 0) is 31.7 Å². The molecule has 9 heteroatoms. The van der Waals surface area contributed by atoms with Crippen molar-refractivity contribution in [3.63, 3.8) is 0 Å². The minimum absolute atomic E-state index is 0.262. The topological polar surface area (TPSA) is 114 Å². The van der Waals surface area contributed by atoms with E-state index in [0.717, 1.165) is 48.0 Å². The number of aromatic nitrogens is 8. The Morgan fingerprint density at radius 1 is 1.21 bits per heavy atom. The van der Waals surface area contributed by atoms with Crippen LogP contribution in [0.4, 0.5) is 0 Å². The van der Waals surface area contributed by atoms with Gasteiger partial charge in [0.25, 0.3) is 0 Å². The quantitative estimate of drug-likeness (QED) is 0.588. The van der Waals surface area contributed by atoms with E-state index in [-0.39, 0.29) is 5.54 Å². The second kappa shape index (κ2) is 6.56. The highest BCUT2D eigenvalue weighted by Gasteiger charge is 2.38. The van der Waals surface area contributed by atoms with Gasteiger partial charge in [0.05, 0.1) is 36.0 Å². The Morgan fingerprint density at radius 2 is 2.11 bits per heavy atom. The van der Waals surface area contributed by atoms with Crippen LogP contribution in [0.25, 0.3) is 22.3 Å². The molecule has 9 nitrogen and oxygen atoms in total. The van der Waals surface area contributed by atoms with Gasteiger partial charge in [-0.3, -0.25) is 4.68 Å². The molecule has 1 fully saturated rings. The van der Waals surface area contributed by atoms with Crippen LogP contribution in [0.5, 0.6) is 0 Å². The van der Waals surface area contributed by atoms with Crippen LogP contribution in [0.2, 0.25) is 0 Å². The van der Waals surface area contributed by atoms with E-state index in [9.17, 15) is 5.26 Å². The molecule has 0 radical (unpaired) electrons. The average molecular weight is 373 g/mol. The van der Waals surface area contributed by atoms with Crippen LogP contribution < -0.4 is 0 Å². The molecule has 4 aromatic rings. The van der Waals surface area contributed by atoms with E-state index in [4.69, 9.17) is 0 Å². The lowest BCUT2D eigenvalue weighted by molar-refractivity contribution is 0.140. The van der Waals surface area contributed by atoms with E-state index in [1.165, 1.54) is 6.33 Å². The summed E-state index contributed by atoms with van der Waals surface area (Å²) in [5.41, 5.74) is 2.43. The molecule has 0 aliphatic heterocycles. The second-order valence-corrected chi connectivity index (χ2v) is 7.30. The Hall–Kier alpha value is -3.54. The molecular weight excluding hydrogens is 354 g/mol. The number of H-pyrrole nitrogens is 1. The molecule has 1 N–H and O–H groups in total.